The van der Waals surface area contributed by atoms with Crippen molar-refractivity contribution in [3.63, 3.8) is 0 Å². The van der Waals surface area contributed by atoms with Gasteiger partial charge in [0.1, 0.15) is 5.82 Å². The number of nitrogens with zero attached hydrogens (tertiary/aromatic N) is 1. The van der Waals surface area contributed by atoms with Gasteiger partial charge in [-0.25, -0.2) is 4.39 Å². The molecule has 1 aromatic heterocycles. The Hall–Kier alpha value is -2.44. The monoisotopic (exact) mass is 490 g/mol. The lowest BCUT2D eigenvalue weighted by Crippen LogP contribution is -2.48. The second-order valence-corrected chi connectivity index (χ2v) is 9.48. The van der Waals surface area contributed by atoms with Crippen molar-refractivity contribution in [3.05, 3.63) is 100 Å². The summed E-state index contributed by atoms with van der Waals surface area (Å²) in [6.07, 6.45) is 2.68. The lowest BCUT2D eigenvalue weighted by Gasteiger charge is -2.38. The summed E-state index contributed by atoms with van der Waals surface area (Å²) < 4.78 is 55.7. The van der Waals surface area contributed by atoms with Crippen LogP contribution >= 0.6 is 11.6 Å². The Kier molecular flexibility index (Phi) is 7.58. The number of hydrogen-bond acceptors (Lipinski definition) is 2. The van der Waals surface area contributed by atoms with E-state index in [9.17, 15) is 17.6 Å². The molecule has 0 radical (unpaired) electrons. The van der Waals surface area contributed by atoms with Gasteiger partial charge in [-0.1, -0.05) is 61.2 Å². The van der Waals surface area contributed by atoms with Gasteiger partial charge in [0.2, 0.25) is 0 Å². The first kappa shape index (κ1) is 24.7. The molecule has 1 atom stereocenters. The fourth-order valence-electron chi connectivity index (χ4n) is 4.84. The molecule has 3 aromatic rings. The van der Waals surface area contributed by atoms with Gasteiger partial charge >= 0.3 is 6.18 Å². The maximum atomic E-state index is 14.6. The number of pyridine rings is 1. The highest BCUT2D eigenvalue weighted by Crippen LogP contribution is 2.38. The standard InChI is InChI=1S/C27H27ClF4N2/c28-23-11-12-25(33-18-23)26(16-19-7-3-1-4-8-19,34-17-20-9-5-2-6-10-20)21-13-22(27(30,31)32)15-24(29)14-21/h1,3-4,7-8,11-15,18,20,34H,2,5-6,9-10,16-17H2/t26-/m0/s1. The molecule has 0 amide bonds. The Balaban J connectivity index is 1.87. The Labute approximate surface area is 202 Å². The zero-order chi connectivity index (χ0) is 24.2. The van der Waals surface area contributed by atoms with Crippen molar-refractivity contribution in [2.24, 2.45) is 5.92 Å². The van der Waals surface area contributed by atoms with Gasteiger partial charge < -0.3 is 5.32 Å². The van der Waals surface area contributed by atoms with Crippen molar-refractivity contribution in [1.29, 1.82) is 0 Å². The predicted molar refractivity (Wildman–Crippen MR) is 126 cm³/mol. The molecule has 1 heterocycles. The molecule has 0 unspecified atom stereocenters. The van der Waals surface area contributed by atoms with E-state index in [0.29, 0.717) is 35.7 Å². The fraction of sp³-hybridized carbons (Fsp3) is 0.370. The van der Waals surface area contributed by atoms with Crippen LogP contribution in [0.4, 0.5) is 17.6 Å². The van der Waals surface area contributed by atoms with Crippen LogP contribution in [-0.4, -0.2) is 11.5 Å². The van der Waals surface area contributed by atoms with Crippen molar-refractivity contribution < 1.29 is 17.6 Å². The fourth-order valence-corrected chi connectivity index (χ4v) is 4.95. The molecule has 1 N–H and O–H groups in total. The Morgan fingerprint density at radius 2 is 1.62 bits per heavy atom. The van der Waals surface area contributed by atoms with Gasteiger partial charge in [-0.2, -0.15) is 13.2 Å². The number of benzene rings is 2. The summed E-state index contributed by atoms with van der Waals surface area (Å²) >= 11 is 6.09. The molecule has 34 heavy (non-hydrogen) atoms. The van der Waals surface area contributed by atoms with E-state index in [2.05, 4.69) is 10.3 Å². The first-order valence-electron chi connectivity index (χ1n) is 11.6. The molecule has 0 saturated heterocycles. The minimum absolute atomic E-state index is 0.189. The third-order valence-electron chi connectivity index (χ3n) is 6.61. The van der Waals surface area contributed by atoms with Crippen LogP contribution in [0, 0.1) is 11.7 Å². The highest BCUT2D eigenvalue weighted by molar-refractivity contribution is 6.30. The molecule has 1 saturated carbocycles. The van der Waals surface area contributed by atoms with Crippen molar-refractivity contribution in [2.75, 3.05) is 6.54 Å². The minimum Gasteiger partial charge on any atom is -0.302 e. The quantitative estimate of drug-likeness (QED) is 0.346. The van der Waals surface area contributed by atoms with E-state index in [4.69, 9.17) is 11.6 Å². The van der Waals surface area contributed by atoms with Crippen molar-refractivity contribution in [3.8, 4) is 0 Å². The van der Waals surface area contributed by atoms with Gasteiger partial charge in [0.25, 0.3) is 0 Å². The molecule has 2 nitrogen and oxygen atoms in total. The van der Waals surface area contributed by atoms with E-state index in [1.165, 1.54) is 18.7 Å². The smallest absolute Gasteiger partial charge is 0.302 e. The molecule has 0 aliphatic heterocycles. The first-order chi connectivity index (χ1) is 16.3. The maximum absolute atomic E-state index is 14.6. The van der Waals surface area contributed by atoms with Crippen LogP contribution in [0.15, 0.2) is 66.9 Å². The number of halogens is 5. The maximum Gasteiger partial charge on any atom is 0.416 e. The molecule has 1 aliphatic rings. The van der Waals surface area contributed by atoms with Crippen molar-refractivity contribution in [2.45, 2.75) is 50.2 Å². The molecular formula is C27H27ClF4N2. The normalized spacial score (nSPS) is 16.9. The van der Waals surface area contributed by atoms with Gasteiger partial charge in [-0.3, -0.25) is 4.98 Å². The van der Waals surface area contributed by atoms with Crippen molar-refractivity contribution >= 4 is 11.6 Å². The van der Waals surface area contributed by atoms with E-state index < -0.39 is 23.1 Å². The molecule has 0 bridgehead atoms. The molecule has 1 aliphatic carbocycles. The minimum atomic E-state index is -4.67. The topological polar surface area (TPSA) is 24.9 Å². The van der Waals surface area contributed by atoms with Crippen LogP contribution in [0.5, 0.6) is 0 Å². The molecule has 4 rings (SSSR count). The average molecular weight is 491 g/mol. The second-order valence-electron chi connectivity index (χ2n) is 9.04. The Bertz CT molecular complexity index is 1080. The van der Waals surface area contributed by atoms with E-state index in [0.717, 1.165) is 37.3 Å². The van der Waals surface area contributed by atoms with Crippen LogP contribution in [0.2, 0.25) is 5.02 Å². The number of hydrogen-bond donors (Lipinski definition) is 1. The molecule has 180 valence electrons. The van der Waals surface area contributed by atoms with Crippen molar-refractivity contribution in [1.82, 2.24) is 10.3 Å². The van der Waals surface area contributed by atoms with Gasteiger partial charge in [-0.15, -0.1) is 0 Å². The van der Waals surface area contributed by atoms with Gasteiger partial charge in [-0.05, 0) is 66.8 Å². The van der Waals surface area contributed by atoms with E-state index >= 15 is 0 Å². The largest absolute Gasteiger partial charge is 0.416 e. The van der Waals surface area contributed by atoms with Crippen LogP contribution in [0.25, 0.3) is 0 Å². The highest BCUT2D eigenvalue weighted by atomic mass is 35.5. The van der Waals surface area contributed by atoms with Crippen LogP contribution < -0.4 is 5.32 Å². The lowest BCUT2D eigenvalue weighted by atomic mass is 9.78. The number of alkyl halides is 3. The zero-order valence-electron chi connectivity index (χ0n) is 18.7. The van der Waals surface area contributed by atoms with E-state index in [1.807, 2.05) is 30.3 Å². The number of nitrogens with one attached hydrogen (secondary N) is 1. The summed E-state index contributed by atoms with van der Waals surface area (Å²) in [5, 5.41) is 3.99. The summed E-state index contributed by atoms with van der Waals surface area (Å²) in [4.78, 5) is 4.51. The molecule has 2 aromatic carbocycles. The third kappa shape index (κ3) is 5.78. The second kappa shape index (κ2) is 10.4. The SMILES string of the molecule is Fc1cc(C(F)(F)F)cc([C@](Cc2ccccc2)(NCC2CCCCC2)c2ccc(Cl)cn2)c1. The number of aromatic nitrogens is 1. The molecule has 7 heteroatoms. The summed E-state index contributed by atoms with van der Waals surface area (Å²) in [6.45, 7) is 0.592. The lowest BCUT2D eigenvalue weighted by molar-refractivity contribution is -0.137. The highest BCUT2D eigenvalue weighted by Gasteiger charge is 2.39. The van der Waals surface area contributed by atoms with Gasteiger partial charge in [0, 0.05) is 12.6 Å². The third-order valence-corrected chi connectivity index (χ3v) is 6.84. The summed E-state index contributed by atoms with van der Waals surface area (Å²) in [7, 11) is 0. The summed E-state index contributed by atoms with van der Waals surface area (Å²) in [6, 6.07) is 15.6. The predicted octanol–water partition coefficient (Wildman–Crippen LogP) is 7.55. The molecule has 0 spiro atoms. The van der Waals surface area contributed by atoms with Crippen LogP contribution in [-0.2, 0) is 18.1 Å². The first-order valence-corrected chi connectivity index (χ1v) is 11.9. The average Bonchev–Trinajstić information content (AvgIpc) is 2.83. The number of rotatable bonds is 7. The zero-order valence-corrected chi connectivity index (χ0v) is 19.5. The molecular weight excluding hydrogens is 464 g/mol. The van der Waals surface area contributed by atoms with Gasteiger partial charge in [0.15, 0.2) is 0 Å². The molecule has 1 fully saturated rings. The summed E-state index contributed by atoms with van der Waals surface area (Å²) in [5.41, 5.74) is -0.614. The van der Waals surface area contributed by atoms with E-state index in [1.54, 1.807) is 12.1 Å². The van der Waals surface area contributed by atoms with Gasteiger partial charge in [0.05, 0.1) is 21.8 Å². The Morgan fingerprint density at radius 1 is 0.912 bits per heavy atom. The van der Waals surface area contributed by atoms with Crippen LogP contribution in [0.1, 0.15) is 54.5 Å². The van der Waals surface area contributed by atoms with Crippen LogP contribution in [0.3, 0.4) is 0 Å². The Morgan fingerprint density at radius 3 is 2.26 bits per heavy atom. The summed E-state index contributed by atoms with van der Waals surface area (Å²) in [5.74, 6) is -0.539. The van der Waals surface area contributed by atoms with E-state index in [-0.39, 0.29) is 5.56 Å².